The predicted molar refractivity (Wildman–Crippen MR) is 207 cm³/mol. The van der Waals surface area contributed by atoms with Crippen LogP contribution in [0.4, 0.5) is 0 Å². The van der Waals surface area contributed by atoms with Crippen LogP contribution in [-0.2, 0) is 24.0 Å². The lowest BCUT2D eigenvalue weighted by atomic mass is 9.32. The normalized spacial score (nSPS) is 38.3. The molecule has 0 spiro atoms. The zero-order valence-corrected chi connectivity index (χ0v) is 33.9. The number of nitrogens with one attached hydrogen (secondary N) is 1. The number of oxime groups is 1. The smallest absolute Gasteiger partial charge is 0.346 e. The van der Waals surface area contributed by atoms with Gasteiger partial charge < -0.3 is 20.0 Å². The number of allylic oxidation sites excluding steroid dienone is 1. The SMILES string of the molecule is C=C(C)[C@@H]1CC[C@]2(C(=O)NCCCCCCCCCCC(=O)O)CC[C@]3(C)[C@H](CCC4[C@@]5(C)CCC(=NOCC(=O)OC)C(C)(C)[C@@H]5CC[C@]43C)[C@@H]12. The molecule has 5 aliphatic rings. The van der Waals surface area contributed by atoms with Gasteiger partial charge in [0.05, 0.1) is 18.2 Å². The zero-order valence-electron chi connectivity index (χ0n) is 33.9. The van der Waals surface area contributed by atoms with Crippen LogP contribution < -0.4 is 5.32 Å². The third-order valence-corrected chi connectivity index (χ3v) is 16.5. The molecule has 8 heteroatoms. The van der Waals surface area contributed by atoms with Gasteiger partial charge in [-0.3, -0.25) is 9.59 Å². The summed E-state index contributed by atoms with van der Waals surface area (Å²) in [5.74, 6) is 1.63. The maximum absolute atomic E-state index is 14.4. The van der Waals surface area contributed by atoms with Crippen LogP contribution in [0, 0.1) is 56.7 Å². The Morgan fingerprint density at radius 1 is 0.827 bits per heavy atom. The van der Waals surface area contributed by atoms with Crippen molar-refractivity contribution in [2.75, 3.05) is 20.3 Å². The highest BCUT2D eigenvalue weighted by atomic mass is 16.6. The van der Waals surface area contributed by atoms with Crippen LogP contribution in [0.15, 0.2) is 17.3 Å². The molecule has 1 unspecified atom stereocenters. The average Bonchev–Trinajstić information content (AvgIpc) is 3.49. The number of unbranched alkanes of at least 4 members (excludes halogenated alkanes) is 7. The van der Waals surface area contributed by atoms with Crippen LogP contribution in [0.1, 0.15) is 164 Å². The summed E-state index contributed by atoms with van der Waals surface area (Å²) in [6.45, 7) is 19.9. The lowest BCUT2D eigenvalue weighted by Crippen LogP contribution is -2.67. The minimum Gasteiger partial charge on any atom is -0.481 e. The average molecular weight is 725 g/mol. The van der Waals surface area contributed by atoms with Crippen molar-refractivity contribution in [3.05, 3.63) is 12.2 Å². The summed E-state index contributed by atoms with van der Waals surface area (Å²) >= 11 is 0. The molecule has 0 aromatic heterocycles. The van der Waals surface area contributed by atoms with Crippen molar-refractivity contribution < 1.29 is 29.1 Å². The number of hydrogen-bond acceptors (Lipinski definition) is 6. The molecule has 0 saturated heterocycles. The number of carboxylic acids is 1. The Balaban J connectivity index is 1.25. The fourth-order valence-corrected chi connectivity index (χ4v) is 13.6. The van der Waals surface area contributed by atoms with E-state index in [4.69, 9.17) is 14.7 Å². The number of esters is 1. The van der Waals surface area contributed by atoms with Gasteiger partial charge in [0.15, 0.2) is 0 Å². The topological polar surface area (TPSA) is 114 Å². The number of fused-ring (bicyclic) bond motifs is 7. The molecule has 9 atom stereocenters. The number of nitrogens with zero attached hydrogens (tertiary/aromatic N) is 1. The Hall–Kier alpha value is -2.38. The highest BCUT2D eigenvalue weighted by Crippen LogP contribution is 2.77. The standard InChI is InChI=1S/C44H72N2O6/c1-30(2)31-20-25-44(39(50)45-28-16-14-12-10-9-11-13-15-17-36(47)48)27-26-42(6)32(38(31)44)18-19-34-41(5)23-22-35(46-52-29-37(49)51-8)40(3,4)33(41)21-24-43(34,42)7/h31-34,38H,1,9-29H2,2-8H3,(H,45,50)(H,47,48)/t31-,32+,33-,34?,38+,41-,42+,43+,44-/m0/s1. The first-order chi connectivity index (χ1) is 24.6. The summed E-state index contributed by atoms with van der Waals surface area (Å²) in [6, 6.07) is 0. The van der Waals surface area contributed by atoms with Gasteiger partial charge >= 0.3 is 11.9 Å². The van der Waals surface area contributed by atoms with Crippen molar-refractivity contribution in [1.29, 1.82) is 0 Å². The first-order valence-corrected chi connectivity index (χ1v) is 21.0. The molecule has 0 radical (unpaired) electrons. The van der Waals surface area contributed by atoms with Gasteiger partial charge in [-0.05, 0) is 130 Å². The maximum Gasteiger partial charge on any atom is 0.346 e. The largest absolute Gasteiger partial charge is 0.481 e. The van der Waals surface area contributed by atoms with Gasteiger partial charge in [0.25, 0.3) is 0 Å². The molecule has 0 aromatic carbocycles. The van der Waals surface area contributed by atoms with Crippen molar-refractivity contribution >= 4 is 23.6 Å². The van der Waals surface area contributed by atoms with E-state index in [1.54, 1.807) is 0 Å². The zero-order chi connectivity index (χ0) is 38.0. The number of rotatable bonds is 16. The molecule has 5 fully saturated rings. The van der Waals surface area contributed by atoms with Crippen LogP contribution in [0.2, 0.25) is 0 Å². The summed E-state index contributed by atoms with van der Waals surface area (Å²) in [7, 11) is 1.37. The van der Waals surface area contributed by atoms with Gasteiger partial charge in [-0.15, -0.1) is 0 Å². The molecular formula is C44H72N2O6. The van der Waals surface area contributed by atoms with Gasteiger partial charge in [0.1, 0.15) is 0 Å². The van der Waals surface area contributed by atoms with E-state index in [0.29, 0.717) is 35.5 Å². The minimum absolute atomic E-state index is 0.109. The number of hydrogen-bond donors (Lipinski definition) is 2. The summed E-state index contributed by atoms with van der Waals surface area (Å²) in [5.41, 5.74) is 2.53. The number of ether oxygens (including phenoxy) is 1. The quantitative estimate of drug-likeness (QED) is 0.0709. The van der Waals surface area contributed by atoms with Crippen molar-refractivity contribution in [1.82, 2.24) is 5.32 Å². The molecule has 5 rings (SSSR count). The number of carbonyl (C=O) groups is 3. The summed E-state index contributed by atoms with van der Waals surface area (Å²) in [5, 5.41) is 16.8. The van der Waals surface area contributed by atoms with Crippen LogP contribution in [-0.4, -0.2) is 48.9 Å². The number of carboxylic acid groups (broad SMARTS) is 1. The fourth-order valence-electron chi connectivity index (χ4n) is 13.6. The van der Waals surface area contributed by atoms with Gasteiger partial charge in [-0.2, -0.15) is 0 Å². The molecule has 0 aromatic rings. The first-order valence-electron chi connectivity index (χ1n) is 21.0. The molecule has 8 nitrogen and oxygen atoms in total. The van der Waals surface area contributed by atoms with E-state index in [2.05, 4.69) is 58.6 Å². The Bertz CT molecular complexity index is 1360. The van der Waals surface area contributed by atoms with E-state index in [1.165, 1.54) is 57.6 Å². The van der Waals surface area contributed by atoms with Crippen molar-refractivity contribution in [2.24, 2.45) is 61.8 Å². The molecule has 5 saturated carbocycles. The van der Waals surface area contributed by atoms with E-state index < -0.39 is 11.9 Å². The second-order valence-electron chi connectivity index (χ2n) is 19.2. The van der Waals surface area contributed by atoms with Crippen LogP contribution in [0.3, 0.4) is 0 Å². The maximum atomic E-state index is 14.4. The third kappa shape index (κ3) is 7.36. The Morgan fingerprint density at radius 2 is 1.50 bits per heavy atom. The van der Waals surface area contributed by atoms with Gasteiger partial charge in [-0.1, -0.05) is 90.5 Å². The Morgan fingerprint density at radius 3 is 2.15 bits per heavy atom. The molecule has 0 aliphatic heterocycles. The predicted octanol–water partition coefficient (Wildman–Crippen LogP) is 9.90. The number of aliphatic carboxylic acids is 1. The number of carbonyl (C=O) groups excluding carboxylic acids is 2. The summed E-state index contributed by atoms with van der Waals surface area (Å²) in [4.78, 5) is 42.3. The first kappa shape index (κ1) is 40.8. The molecule has 0 bridgehead atoms. The highest BCUT2D eigenvalue weighted by molar-refractivity contribution is 5.90. The molecule has 1 amide bonds. The Kier molecular flexibility index (Phi) is 12.7. The second-order valence-corrected chi connectivity index (χ2v) is 19.2. The molecule has 2 N–H and O–H groups in total. The van der Waals surface area contributed by atoms with Crippen molar-refractivity contribution in [3.8, 4) is 0 Å². The molecule has 0 heterocycles. The van der Waals surface area contributed by atoms with E-state index in [1.807, 2.05) is 0 Å². The van der Waals surface area contributed by atoms with Crippen LogP contribution in [0.25, 0.3) is 0 Å². The molecular weight excluding hydrogens is 652 g/mol. The lowest BCUT2D eigenvalue weighted by Gasteiger charge is -2.72. The molecule has 52 heavy (non-hydrogen) atoms. The summed E-state index contributed by atoms with van der Waals surface area (Å²) < 4.78 is 4.76. The lowest BCUT2D eigenvalue weighted by molar-refractivity contribution is -0.227. The minimum atomic E-state index is -0.696. The van der Waals surface area contributed by atoms with E-state index in [0.717, 1.165) is 82.9 Å². The van der Waals surface area contributed by atoms with Gasteiger partial charge in [0, 0.05) is 18.4 Å². The molecule has 5 aliphatic carbocycles. The molecule has 294 valence electrons. The van der Waals surface area contributed by atoms with E-state index >= 15 is 0 Å². The highest BCUT2D eigenvalue weighted by Gasteiger charge is 2.71. The third-order valence-electron chi connectivity index (χ3n) is 16.5. The van der Waals surface area contributed by atoms with Crippen LogP contribution >= 0.6 is 0 Å². The van der Waals surface area contributed by atoms with Gasteiger partial charge in [0.2, 0.25) is 12.5 Å². The van der Waals surface area contributed by atoms with E-state index in [-0.39, 0.29) is 40.1 Å². The number of amides is 1. The second kappa shape index (κ2) is 16.2. The monoisotopic (exact) mass is 725 g/mol. The van der Waals surface area contributed by atoms with Crippen LogP contribution in [0.5, 0.6) is 0 Å². The Labute approximate surface area is 315 Å². The van der Waals surface area contributed by atoms with Gasteiger partial charge in [-0.25, -0.2) is 4.79 Å². The van der Waals surface area contributed by atoms with E-state index in [9.17, 15) is 14.4 Å². The number of methoxy groups -OCH3 is 1. The van der Waals surface area contributed by atoms with Crippen molar-refractivity contribution in [2.45, 2.75) is 164 Å². The summed E-state index contributed by atoms with van der Waals surface area (Å²) in [6.07, 6.45) is 19.8. The van der Waals surface area contributed by atoms with Crippen molar-refractivity contribution in [3.63, 3.8) is 0 Å². The fraction of sp³-hybridized carbons (Fsp3) is 0.864.